The van der Waals surface area contributed by atoms with Crippen molar-refractivity contribution in [1.82, 2.24) is 0 Å². The molecule has 2 nitrogen and oxygen atoms in total. The fraction of sp³-hybridized carbons (Fsp3) is 0.333. The summed E-state index contributed by atoms with van der Waals surface area (Å²) in [6.07, 6.45) is -7.74. The van der Waals surface area contributed by atoms with Gasteiger partial charge in [-0.05, 0) is 18.2 Å². The van der Waals surface area contributed by atoms with E-state index in [1.807, 2.05) is 0 Å². The summed E-state index contributed by atoms with van der Waals surface area (Å²) in [5, 5.41) is 8.84. The van der Waals surface area contributed by atoms with Gasteiger partial charge in [0.15, 0.2) is 6.10 Å². The van der Waals surface area contributed by atoms with Gasteiger partial charge in [-0.25, -0.2) is 4.39 Å². The van der Waals surface area contributed by atoms with Crippen LogP contribution in [0, 0.1) is 5.82 Å². The first-order valence-corrected chi connectivity index (χ1v) is 3.94. The zero-order chi connectivity index (χ0) is 11.6. The third-order valence-corrected chi connectivity index (χ3v) is 1.81. The van der Waals surface area contributed by atoms with Crippen molar-refractivity contribution >= 4 is 0 Å². The van der Waals surface area contributed by atoms with Crippen LogP contribution in [0.2, 0.25) is 0 Å². The number of rotatable bonds is 2. The van der Waals surface area contributed by atoms with Gasteiger partial charge in [-0.1, -0.05) is 0 Å². The van der Waals surface area contributed by atoms with E-state index in [1.54, 1.807) is 0 Å². The Balaban J connectivity index is 3.12. The second kappa shape index (κ2) is 4.06. The van der Waals surface area contributed by atoms with Crippen LogP contribution in [-0.2, 0) is 0 Å². The average Bonchev–Trinajstić information content (AvgIpc) is 2.16. The van der Waals surface area contributed by atoms with Crippen LogP contribution in [0.25, 0.3) is 0 Å². The van der Waals surface area contributed by atoms with E-state index in [-0.39, 0.29) is 5.75 Å². The molecule has 84 valence electrons. The summed E-state index contributed by atoms with van der Waals surface area (Å²) in [7, 11) is 1.23. The predicted octanol–water partition coefficient (Wildman–Crippen LogP) is 2.43. The minimum atomic E-state index is -4.90. The maximum Gasteiger partial charge on any atom is 0.418 e. The normalized spacial score (nSPS) is 13.7. The van der Waals surface area contributed by atoms with Crippen LogP contribution >= 0.6 is 0 Å². The molecule has 6 heteroatoms. The van der Waals surface area contributed by atoms with E-state index in [4.69, 9.17) is 5.11 Å². The Labute approximate surface area is 83.1 Å². The van der Waals surface area contributed by atoms with E-state index < -0.39 is 23.7 Å². The van der Waals surface area contributed by atoms with Crippen molar-refractivity contribution in [2.45, 2.75) is 12.3 Å². The first kappa shape index (κ1) is 11.8. The van der Waals surface area contributed by atoms with E-state index in [9.17, 15) is 17.6 Å². The van der Waals surface area contributed by atoms with Crippen LogP contribution in [-0.4, -0.2) is 18.4 Å². The van der Waals surface area contributed by atoms with Crippen molar-refractivity contribution in [2.75, 3.05) is 7.11 Å². The minimum Gasteiger partial charge on any atom is -0.497 e. The van der Waals surface area contributed by atoms with Crippen molar-refractivity contribution in [3.8, 4) is 5.75 Å². The standard InChI is InChI=1S/C9H8F4O2/c1-15-5-2-3-7(10)6(4-5)8(14)9(11,12)13/h2-4,8,14H,1H3. The van der Waals surface area contributed by atoms with Crippen LogP contribution in [0.5, 0.6) is 5.75 Å². The molecule has 0 heterocycles. The van der Waals surface area contributed by atoms with Gasteiger partial charge < -0.3 is 9.84 Å². The Morgan fingerprint density at radius 2 is 1.93 bits per heavy atom. The molecular weight excluding hydrogens is 216 g/mol. The number of ether oxygens (including phenoxy) is 1. The second-order valence-corrected chi connectivity index (χ2v) is 2.83. The summed E-state index contributed by atoms with van der Waals surface area (Å²) < 4.78 is 53.9. The van der Waals surface area contributed by atoms with Gasteiger partial charge in [-0.15, -0.1) is 0 Å². The van der Waals surface area contributed by atoms with Crippen LogP contribution < -0.4 is 4.74 Å². The number of alkyl halides is 3. The summed E-state index contributed by atoms with van der Waals surface area (Å²) >= 11 is 0. The molecule has 0 aliphatic carbocycles. The van der Waals surface area contributed by atoms with Crippen LogP contribution in [0.3, 0.4) is 0 Å². The molecule has 0 aromatic heterocycles. The summed E-state index contributed by atoms with van der Waals surface area (Å²) in [5.41, 5.74) is -0.846. The maximum absolute atomic E-state index is 13.0. The van der Waals surface area contributed by atoms with Gasteiger partial charge in [0.25, 0.3) is 0 Å². The van der Waals surface area contributed by atoms with E-state index in [2.05, 4.69) is 4.74 Å². The SMILES string of the molecule is COc1ccc(F)c(C(O)C(F)(F)F)c1. The minimum absolute atomic E-state index is 0.0506. The average molecular weight is 224 g/mol. The summed E-state index contributed by atoms with van der Waals surface area (Å²) in [5.74, 6) is -1.07. The molecular formula is C9H8F4O2. The summed E-state index contributed by atoms with van der Waals surface area (Å²) in [6, 6.07) is 2.79. The highest BCUT2D eigenvalue weighted by atomic mass is 19.4. The molecule has 0 radical (unpaired) electrons. The van der Waals surface area contributed by atoms with Gasteiger partial charge >= 0.3 is 6.18 Å². The van der Waals surface area contributed by atoms with Gasteiger partial charge in [-0.3, -0.25) is 0 Å². The second-order valence-electron chi connectivity index (χ2n) is 2.83. The van der Waals surface area contributed by atoms with Gasteiger partial charge in [-0.2, -0.15) is 13.2 Å². The lowest BCUT2D eigenvalue weighted by Gasteiger charge is -2.16. The van der Waals surface area contributed by atoms with Gasteiger partial charge in [0.2, 0.25) is 0 Å². The number of aliphatic hydroxyl groups excluding tert-OH is 1. The number of benzene rings is 1. The smallest absolute Gasteiger partial charge is 0.418 e. The molecule has 1 N–H and O–H groups in total. The molecule has 0 amide bonds. The van der Waals surface area contributed by atoms with Gasteiger partial charge in [0.1, 0.15) is 11.6 Å². The van der Waals surface area contributed by atoms with Gasteiger partial charge in [0, 0.05) is 5.56 Å². The Morgan fingerprint density at radius 1 is 1.33 bits per heavy atom. The molecule has 0 bridgehead atoms. The van der Waals surface area contributed by atoms with E-state index in [0.717, 1.165) is 12.1 Å². The molecule has 1 aromatic carbocycles. The molecule has 1 unspecified atom stereocenters. The highest BCUT2D eigenvalue weighted by molar-refractivity contribution is 5.31. The Kier molecular flexibility index (Phi) is 3.18. The number of hydrogen-bond donors (Lipinski definition) is 1. The van der Waals surface area contributed by atoms with E-state index >= 15 is 0 Å². The molecule has 1 rings (SSSR count). The van der Waals surface area contributed by atoms with Gasteiger partial charge in [0.05, 0.1) is 7.11 Å². The van der Waals surface area contributed by atoms with Crippen molar-refractivity contribution in [3.63, 3.8) is 0 Å². The number of aliphatic hydroxyl groups is 1. The summed E-state index contributed by atoms with van der Waals surface area (Å²) in [6.45, 7) is 0. The molecule has 15 heavy (non-hydrogen) atoms. The fourth-order valence-corrected chi connectivity index (χ4v) is 1.03. The lowest BCUT2D eigenvalue weighted by Crippen LogP contribution is -2.21. The van der Waals surface area contributed by atoms with E-state index in [1.165, 1.54) is 13.2 Å². The Bertz CT molecular complexity index is 348. The zero-order valence-corrected chi connectivity index (χ0v) is 7.68. The lowest BCUT2D eigenvalue weighted by molar-refractivity contribution is -0.207. The van der Waals surface area contributed by atoms with Crippen LogP contribution in [0.4, 0.5) is 17.6 Å². The zero-order valence-electron chi connectivity index (χ0n) is 7.68. The molecule has 0 aliphatic heterocycles. The highest BCUT2D eigenvalue weighted by Crippen LogP contribution is 2.35. The third-order valence-electron chi connectivity index (χ3n) is 1.81. The molecule has 1 atom stereocenters. The van der Waals surface area contributed by atoms with Crippen LogP contribution in [0.15, 0.2) is 18.2 Å². The highest BCUT2D eigenvalue weighted by Gasteiger charge is 2.40. The fourth-order valence-electron chi connectivity index (χ4n) is 1.03. The molecule has 0 saturated carbocycles. The predicted molar refractivity (Wildman–Crippen MR) is 44.0 cm³/mol. The topological polar surface area (TPSA) is 29.5 Å². The largest absolute Gasteiger partial charge is 0.497 e. The molecule has 0 fully saturated rings. The maximum atomic E-state index is 13.0. The quantitative estimate of drug-likeness (QED) is 0.782. The lowest BCUT2D eigenvalue weighted by atomic mass is 10.1. The molecule has 0 aliphatic rings. The monoisotopic (exact) mass is 224 g/mol. The Hall–Kier alpha value is -1.30. The Morgan fingerprint density at radius 3 is 2.40 bits per heavy atom. The van der Waals surface area contributed by atoms with Crippen molar-refractivity contribution in [1.29, 1.82) is 0 Å². The van der Waals surface area contributed by atoms with Crippen molar-refractivity contribution in [3.05, 3.63) is 29.6 Å². The molecule has 0 spiro atoms. The summed E-state index contributed by atoms with van der Waals surface area (Å²) in [4.78, 5) is 0. The van der Waals surface area contributed by atoms with Crippen molar-refractivity contribution < 1.29 is 27.4 Å². The third kappa shape index (κ3) is 2.59. The van der Waals surface area contributed by atoms with E-state index in [0.29, 0.717) is 0 Å². The number of hydrogen-bond acceptors (Lipinski definition) is 2. The molecule has 1 aromatic rings. The molecule has 0 saturated heterocycles. The first-order chi connectivity index (χ1) is 6.86. The van der Waals surface area contributed by atoms with Crippen molar-refractivity contribution in [2.24, 2.45) is 0 Å². The van der Waals surface area contributed by atoms with Crippen LogP contribution in [0.1, 0.15) is 11.7 Å². The number of halogens is 4. The number of methoxy groups -OCH3 is 1. The first-order valence-electron chi connectivity index (χ1n) is 3.94.